The fourth-order valence-corrected chi connectivity index (χ4v) is 5.10. The van der Waals surface area contributed by atoms with Gasteiger partial charge < -0.3 is 9.67 Å². The first-order valence-electron chi connectivity index (χ1n) is 11.8. The third-order valence-electron chi connectivity index (χ3n) is 6.98. The second kappa shape index (κ2) is 10.8. The van der Waals surface area contributed by atoms with E-state index in [2.05, 4.69) is 20.8 Å². The molecule has 0 spiro atoms. The van der Waals surface area contributed by atoms with Gasteiger partial charge in [-0.25, -0.2) is 0 Å². The molecule has 34 heavy (non-hydrogen) atoms. The Morgan fingerprint density at radius 3 is 2.50 bits per heavy atom. The van der Waals surface area contributed by atoms with Gasteiger partial charge in [0.05, 0.1) is 0 Å². The monoisotopic (exact) mass is 499 g/mol. The van der Waals surface area contributed by atoms with Crippen molar-refractivity contribution in [1.82, 2.24) is 14.8 Å². The van der Waals surface area contributed by atoms with Gasteiger partial charge in [-0.2, -0.15) is 13.2 Å². The van der Waals surface area contributed by atoms with Gasteiger partial charge in [0.25, 0.3) is 0 Å². The summed E-state index contributed by atoms with van der Waals surface area (Å²) in [5, 5.41) is 18.5. The fraction of sp³-hybridized carbons (Fsp3) is 0.640. The molecule has 0 bridgehead atoms. The summed E-state index contributed by atoms with van der Waals surface area (Å²) in [5.41, 5.74) is 3.24. The topological polar surface area (TPSA) is 68.0 Å². The van der Waals surface area contributed by atoms with E-state index in [0.29, 0.717) is 31.5 Å². The maximum Gasteiger partial charge on any atom is 0.389 e. The van der Waals surface area contributed by atoms with Gasteiger partial charge in [0.2, 0.25) is 0 Å². The van der Waals surface area contributed by atoms with E-state index in [1.807, 2.05) is 26.0 Å². The quantitative estimate of drug-likeness (QED) is 0.451. The SMILES string of the molecule is Cc1ccc(CC(=O)C[C@H](CCO)c2nnc(C3CC(CC(F)(F)F)C3)n2C2CC2)c(C)c1.Cl. The number of hydrogen-bond donors (Lipinski definition) is 1. The summed E-state index contributed by atoms with van der Waals surface area (Å²) in [6.45, 7) is 3.96. The highest BCUT2D eigenvalue weighted by molar-refractivity contribution is 5.85. The van der Waals surface area contributed by atoms with Crippen LogP contribution in [0, 0.1) is 19.8 Å². The molecule has 4 rings (SSSR count). The molecule has 2 aromatic rings. The lowest BCUT2D eigenvalue weighted by Gasteiger charge is -2.35. The molecule has 1 N–H and O–H groups in total. The average Bonchev–Trinajstić information content (AvgIpc) is 3.44. The molecule has 5 nitrogen and oxygen atoms in total. The van der Waals surface area contributed by atoms with E-state index in [-0.39, 0.29) is 55.0 Å². The minimum absolute atomic E-state index is 0. The van der Waals surface area contributed by atoms with Crippen LogP contribution in [-0.4, -0.2) is 38.4 Å². The molecule has 0 radical (unpaired) electrons. The van der Waals surface area contributed by atoms with E-state index in [0.717, 1.165) is 35.4 Å². The van der Waals surface area contributed by atoms with E-state index < -0.39 is 12.6 Å². The van der Waals surface area contributed by atoms with E-state index in [9.17, 15) is 23.1 Å². The lowest BCUT2D eigenvalue weighted by molar-refractivity contribution is -0.151. The number of rotatable bonds is 10. The highest BCUT2D eigenvalue weighted by Crippen LogP contribution is 2.49. The number of aryl methyl sites for hydroxylation is 2. The van der Waals surface area contributed by atoms with Crippen molar-refractivity contribution in [3.05, 3.63) is 46.5 Å². The van der Waals surface area contributed by atoms with Crippen LogP contribution in [0.15, 0.2) is 18.2 Å². The minimum atomic E-state index is -4.13. The van der Waals surface area contributed by atoms with Gasteiger partial charge in [0.15, 0.2) is 0 Å². The Kier molecular flexibility index (Phi) is 8.45. The standard InChI is InChI=1S/C25H32F3N3O2.ClH/c1-15-3-4-18(16(2)9-15)12-22(33)13-19(7-8-32)23-29-30-24(31(23)21-5-6-21)20-10-17(11-20)14-25(26,27)28;/h3-4,9,17,19-21,32H,5-8,10-14H2,1-2H3;1H/t17?,19-,20?;/m0./s1. The van der Waals surface area contributed by atoms with Crippen LogP contribution in [-0.2, 0) is 11.2 Å². The molecule has 188 valence electrons. The molecule has 2 aliphatic carbocycles. The van der Waals surface area contributed by atoms with Crippen LogP contribution < -0.4 is 0 Å². The third-order valence-corrected chi connectivity index (χ3v) is 6.98. The summed E-state index contributed by atoms with van der Waals surface area (Å²) in [6.07, 6.45) is -0.952. The van der Waals surface area contributed by atoms with Crippen LogP contribution in [0.4, 0.5) is 13.2 Å². The molecule has 2 saturated carbocycles. The number of Topliss-reactive ketones (excluding diaryl/α,β-unsaturated/α-hetero) is 1. The number of hydrogen-bond acceptors (Lipinski definition) is 4. The Balaban J connectivity index is 0.00000324. The lowest BCUT2D eigenvalue weighted by Crippen LogP contribution is -2.29. The van der Waals surface area contributed by atoms with Gasteiger partial charge in [-0.3, -0.25) is 4.79 Å². The van der Waals surface area contributed by atoms with E-state index >= 15 is 0 Å². The number of aliphatic hydroxyl groups is 1. The van der Waals surface area contributed by atoms with Crippen molar-refractivity contribution in [2.75, 3.05) is 6.61 Å². The number of aromatic nitrogens is 3. The molecule has 2 aliphatic rings. The molecule has 1 heterocycles. The summed E-state index contributed by atoms with van der Waals surface area (Å²) >= 11 is 0. The highest BCUT2D eigenvalue weighted by atomic mass is 35.5. The summed E-state index contributed by atoms with van der Waals surface area (Å²) in [4.78, 5) is 12.9. The first-order valence-corrected chi connectivity index (χ1v) is 11.8. The molecule has 1 aromatic heterocycles. The second-order valence-electron chi connectivity index (χ2n) is 9.93. The van der Waals surface area contributed by atoms with Gasteiger partial charge in [-0.1, -0.05) is 23.8 Å². The predicted molar refractivity (Wildman–Crippen MR) is 125 cm³/mol. The van der Waals surface area contributed by atoms with Crippen molar-refractivity contribution < 1.29 is 23.1 Å². The van der Waals surface area contributed by atoms with Crippen LogP contribution in [0.3, 0.4) is 0 Å². The smallest absolute Gasteiger partial charge is 0.389 e. The number of carbonyl (C=O) groups is 1. The van der Waals surface area contributed by atoms with Gasteiger partial charge in [-0.05, 0) is 63.0 Å². The summed E-state index contributed by atoms with van der Waals surface area (Å²) in [6, 6.07) is 6.31. The number of ketones is 1. The van der Waals surface area contributed by atoms with Gasteiger partial charge in [0, 0.05) is 43.7 Å². The van der Waals surface area contributed by atoms with Crippen LogP contribution in [0.2, 0.25) is 0 Å². The third kappa shape index (κ3) is 6.39. The molecular weight excluding hydrogens is 467 g/mol. The van der Waals surface area contributed by atoms with E-state index in [1.54, 1.807) is 0 Å². The number of carbonyl (C=O) groups excluding carboxylic acids is 1. The molecule has 0 aliphatic heterocycles. The maximum absolute atomic E-state index is 12.9. The Morgan fingerprint density at radius 1 is 1.21 bits per heavy atom. The Hall–Kier alpha value is -1.93. The zero-order valence-electron chi connectivity index (χ0n) is 19.6. The van der Waals surface area contributed by atoms with Crippen LogP contribution in [0.25, 0.3) is 0 Å². The zero-order chi connectivity index (χ0) is 23.8. The molecule has 0 unspecified atom stereocenters. The molecular formula is C25H33ClF3N3O2. The Morgan fingerprint density at radius 2 is 1.91 bits per heavy atom. The van der Waals surface area contributed by atoms with Crippen molar-refractivity contribution in [2.24, 2.45) is 5.92 Å². The van der Waals surface area contributed by atoms with E-state index in [1.165, 1.54) is 0 Å². The van der Waals surface area contributed by atoms with Crippen molar-refractivity contribution in [2.45, 2.75) is 89.3 Å². The summed E-state index contributed by atoms with van der Waals surface area (Å²) < 4.78 is 40.2. The Bertz CT molecular complexity index is 998. The van der Waals surface area contributed by atoms with Crippen molar-refractivity contribution in [1.29, 1.82) is 0 Å². The molecule has 1 aromatic carbocycles. The van der Waals surface area contributed by atoms with Gasteiger partial charge >= 0.3 is 6.18 Å². The normalized spacial score (nSPS) is 21.0. The number of alkyl halides is 3. The molecule has 9 heteroatoms. The molecule has 1 atom stereocenters. The first-order chi connectivity index (χ1) is 15.6. The lowest BCUT2D eigenvalue weighted by atomic mass is 9.72. The van der Waals surface area contributed by atoms with Crippen molar-refractivity contribution in [3.63, 3.8) is 0 Å². The van der Waals surface area contributed by atoms with Gasteiger partial charge in [-0.15, -0.1) is 22.6 Å². The molecule has 2 fully saturated rings. The van der Waals surface area contributed by atoms with Gasteiger partial charge in [0.1, 0.15) is 17.4 Å². The number of benzene rings is 1. The predicted octanol–water partition coefficient (Wildman–Crippen LogP) is 5.77. The van der Waals surface area contributed by atoms with Crippen LogP contribution in [0.5, 0.6) is 0 Å². The van der Waals surface area contributed by atoms with Crippen LogP contribution in [0.1, 0.15) is 91.2 Å². The second-order valence-corrected chi connectivity index (χ2v) is 9.93. The Labute approximate surface area is 204 Å². The first kappa shape index (κ1) is 26.7. The molecule has 0 amide bonds. The average molecular weight is 500 g/mol. The number of aliphatic hydroxyl groups excluding tert-OH is 1. The van der Waals surface area contributed by atoms with Crippen molar-refractivity contribution in [3.8, 4) is 0 Å². The fourth-order valence-electron chi connectivity index (χ4n) is 5.10. The number of halogens is 4. The summed E-state index contributed by atoms with van der Waals surface area (Å²) in [5.74, 6) is 0.933. The number of nitrogens with zero attached hydrogens (tertiary/aromatic N) is 3. The van der Waals surface area contributed by atoms with Crippen LogP contribution >= 0.6 is 12.4 Å². The highest BCUT2D eigenvalue weighted by Gasteiger charge is 2.43. The van der Waals surface area contributed by atoms with E-state index in [4.69, 9.17) is 0 Å². The van der Waals surface area contributed by atoms with Crippen molar-refractivity contribution >= 4 is 18.2 Å². The maximum atomic E-state index is 12.9. The minimum Gasteiger partial charge on any atom is -0.396 e. The zero-order valence-corrected chi connectivity index (χ0v) is 20.5. The molecule has 0 saturated heterocycles. The largest absolute Gasteiger partial charge is 0.396 e. The summed E-state index contributed by atoms with van der Waals surface area (Å²) in [7, 11) is 0.